The van der Waals surface area contributed by atoms with Gasteiger partial charge in [0.15, 0.2) is 0 Å². The molecule has 0 aromatic heterocycles. The Balaban J connectivity index is 1.39. The van der Waals surface area contributed by atoms with E-state index < -0.39 is 0 Å². The van der Waals surface area contributed by atoms with Gasteiger partial charge < -0.3 is 5.32 Å². The topological polar surface area (TPSA) is 15.3 Å². The van der Waals surface area contributed by atoms with Gasteiger partial charge in [-0.3, -0.25) is 4.90 Å². The van der Waals surface area contributed by atoms with Crippen LogP contribution in [0.3, 0.4) is 0 Å². The van der Waals surface area contributed by atoms with Gasteiger partial charge in [0, 0.05) is 37.2 Å². The lowest BCUT2D eigenvalue weighted by Gasteiger charge is -2.34. The second-order valence-corrected chi connectivity index (χ2v) is 8.17. The standard InChI is InChI=1S/C25H27ClN2/c1-19-7-12-23(26)16-25(19)22-10-8-21(9-11-22)17-28-14-13-27-24(18-28)15-20-5-3-2-4-6-20/h2-12,16,24,27H,13-15,17-18H2,1H3/t24-/m1/s1. The summed E-state index contributed by atoms with van der Waals surface area (Å²) < 4.78 is 0. The van der Waals surface area contributed by atoms with Crippen LogP contribution in [-0.2, 0) is 13.0 Å². The van der Waals surface area contributed by atoms with Gasteiger partial charge in [-0.15, -0.1) is 0 Å². The quantitative estimate of drug-likeness (QED) is 0.633. The molecule has 0 bridgehead atoms. The molecule has 2 nitrogen and oxygen atoms in total. The molecule has 0 amide bonds. The van der Waals surface area contributed by atoms with E-state index in [1.165, 1.54) is 27.8 Å². The maximum Gasteiger partial charge on any atom is 0.0412 e. The van der Waals surface area contributed by atoms with E-state index in [0.29, 0.717) is 6.04 Å². The van der Waals surface area contributed by atoms with Crippen molar-refractivity contribution >= 4 is 11.6 Å². The van der Waals surface area contributed by atoms with E-state index in [1.54, 1.807) is 0 Å². The highest BCUT2D eigenvalue weighted by atomic mass is 35.5. The fourth-order valence-electron chi connectivity index (χ4n) is 4.03. The number of benzene rings is 3. The Kier molecular flexibility index (Phi) is 6.11. The van der Waals surface area contributed by atoms with E-state index in [4.69, 9.17) is 11.6 Å². The lowest BCUT2D eigenvalue weighted by atomic mass is 9.99. The largest absolute Gasteiger partial charge is 0.311 e. The lowest BCUT2D eigenvalue weighted by molar-refractivity contribution is 0.192. The summed E-state index contributed by atoms with van der Waals surface area (Å²) in [6, 6.07) is 26.3. The molecule has 1 heterocycles. The van der Waals surface area contributed by atoms with E-state index >= 15 is 0 Å². The first-order chi connectivity index (χ1) is 13.7. The minimum atomic E-state index is 0.518. The van der Waals surface area contributed by atoms with Gasteiger partial charge in [0.2, 0.25) is 0 Å². The van der Waals surface area contributed by atoms with Crippen LogP contribution in [0.15, 0.2) is 72.8 Å². The summed E-state index contributed by atoms with van der Waals surface area (Å²) in [5, 5.41) is 4.46. The van der Waals surface area contributed by atoms with Gasteiger partial charge in [-0.05, 0) is 53.3 Å². The summed E-state index contributed by atoms with van der Waals surface area (Å²) in [5.41, 5.74) is 6.46. The average Bonchev–Trinajstić information content (AvgIpc) is 2.72. The molecule has 1 N–H and O–H groups in total. The van der Waals surface area contributed by atoms with Crippen LogP contribution in [0.25, 0.3) is 11.1 Å². The molecule has 0 spiro atoms. The number of piperazine rings is 1. The molecule has 3 heteroatoms. The maximum absolute atomic E-state index is 6.19. The van der Waals surface area contributed by atoms with Crippen molar-refractivity contribution in [3.63, 3.8) is 0 Å². The number of aryl methyl sites for hydroxylation is 1. The highest BCUT2D eigenvalue weighted by Gasteiger charge is 2.19. The Hall–Kier alpha value is -2.13. The smallest absolute Gasteiger partial charge is 0.0412 e. The predicted octanol–water partition coefficient (Wildman–Crippen LogP) is 5.33. The SMILES string of the molecule is Cc1ccc(Cl)cc1-c1ccc(CN2CCN[C@H](Cc3ccccc3)C2)cc1. The fraction of sp³-hybridized carbons (Fsp3) is 0.280. The second kappa shape index (κ2) is 8.91. The zero-order valence-electron chi connectivity index (χ0n) is 16.4. The molecule has 28 heavy (non-hydrogen) atoms. The fourth-order valence-corrected chi connectivity index (χ4v) is 4.20. The van der Waals surface area contributed by atoms with E-state index in [1.807, 2.05) is 6.07 Å². The van der Waals surface area contributed by atoms with Gasteiger partial charge in [0.25, 0.3) is 0 Å². The number of nitrogens with zero attached hydrogens (tertiary/aromatic N) is 1. The summed E-state index contributed by atoms with van der Waals surface area (Å²) in [4.78, 5) is 2.56. The Morgan fingerprint density at radius 2 is 1.75 bits per heavy atom. The third kappa shape index (κ3) is 4.82. The van der Waals surface area contributed by atoms with Gasteiger partial charge >= 0.3 is 0 Å². The predicted molar refractivity (Wildman–Crippen MR) is 119 cm³/mol. The highest BCUT2D eigenvalue weighted by Crippen LogP contribution is 2.27. The summed E-state index contributed by atoms with van der Waals surface area (Å²) in [6.45, 7) is 6.37. The number of halogens is 1. The highest BCUT2D eigenvalue weighted by molar-refractivity contribution is 6.30. The zero-order chi connectivity index (χ0) is 19.3. The third-order valence-corrected chi connectivity index (χ3v) is 5.77. The Morgan fingerprint density at radius 1 is 0.964 bits per heavy atom. The van der Waals surface area contributed by atoms with Gasteiger partial charge in [-0.25, -0.2) is 0 Å². The van der Waals surface area contributed by atoms with Crippen LogP contribution in [0.4, 0.5) is 0 Å². The second-order valence-electron chi connectivity index (χ2n) is 7.73. The van der Waals surface area contributed by atoms with Crippen LogP contribution in [0.1, 0.15) is 16.7 Å². The molecule has 1 fully saturated rings. The van der Waals surface area contributed by atoms with Crippen LogP contribution < -0.4 is 5.32 Å². The summed E-state index contributed by atoms with van der Waals surface area (Å²) >= 11 is 6.19. The molecule has 1 aliphatic rings. The van der Waals surface area contributed by atoms with E-state index in [0.717, 1.165) is 37.6 Å². The number of hydrogen-bond donors (Lipinski definition) is 1. The van der Waals surface area contributed by atoms with Gasteiger partial charge in [-0.2, -0.15) is 0 Å². The molecular weight excluding hydrogens is 364 g/mol. The molecule has 4 rings (SSSR count). The van der Waals surface area contributed by atoms with Crippen molar-refractivity contribution in [2.45, 2.75) is 25.9 Å². The maximum atomic E-state index is 6.19. The van der Waals surface area contributed by atoms with E-state index in [-0.39, 0.29) is 0 Å². The molecular formula is C25H27ClN2. The van der Waals surface area contributed by atoms with Gasteiger partial charge in [-0.1, -0.05) is 72.3 Å². The molecule has 0 radical (unpaired) electrons. The molecule has 0 unspecified atom stereocenters. The summed E-state index contributed by atoms with van der Waals surface area (Å²) in [5.74, 6) is 0. The number of nitrogens with one attached hydrogen (secondary N) is 1. The molecule has 144 valence electrons. The molecule has 0 aliphatic carbocycles. The molecule has 3 aromatic rings. The van der Waals surface area contributed by atoms with Gasteiger partial charge in [0.1, 0.15) is 0 Å². The Labute approximate surface area is 173 Å². The van der Waals surface area contributed by atoms with Crippen molar-refractivity contribution in [3.05, 3.63) is 94.5 Å². The Morgan fingerprint density at radius 3 is 2.54 bits per heavy atom. The van der Waals surface area contributed by atoms with Crippen molar-refractivity contribution in [1.29, 1.82) is 0 Å². The minimum absolute atomic E-state index is 0.518. The molecule has 1 aliphatic heterocycles. The monoisotopic (exact) mass is 390 g/mol. The number of hydrogen-bond acceptors (Lipinski definition) is 2. The average molecular weight is 391 g/mol. The first-order valence-corrected chi connectivity index (χ1v) is 10.4. The van der Waals surface area contributed by atoms with E-state index in [9.17, 15) is 0 Å². The van der Waals surface area contributed by atoms with Crippen molar-refractivity contribution in [2.24, 2.45) is 0 Å². The van der Waals surface area contributed by atoms with Crippen LogP contribution >= 0.6 is 11.6 Å². The lowest BCUT2D eigenvalue weighted by Crippen LogP contribution is -2.51. The van der Waals surface area contributed by atoms with Crippen LogP contribution in [0, 0.1) is 6.92 Å². The Bertz CT molecular complexity index is 906. The van der Waals surface area contributed by atoms with Crippen LogP contribution in [0.5, 0.6) is 0 Å². The molecule has 1 saturated heterocycles. The van der Waals surface area contributed by atoms with E-state index in [2.05, 4.69) is 83.9 Å². The first kappa shape index (κ1) is 19.2. The molecule has 1 atom stereocenters. The normalized spacial score (nSPS) is 17.6. The van der Waals surface area contributed by atoms with Crippen molar-refractivity contribution in [2.75, 3.05) is 19.6 Å². The molecule has 0 saturated carbocycles. The first-order valence-electron chi connectivity index (χ1n) is 10.0. The summed E-state index contributed by atoms with van der Waals surface area (Å²) in [7, 11) is 0. The van der Waals surface area contributed by atoms with Gasteiger partial charge in [0.05, 0.1) is 0 Å². The van der Waals surface area contributed by atoms with Crippen LogP contribution in [0.2, 0.25) is 5.02 Å². The minimum Gasteiger partial charge on any atom is -0.311 e. The van der Waals surface area contributed by atoms with Crippen molar-refractivity contribution < 1.29 is 0 Å². The number of rotatable bonds is 5. The van der Waals surface area contributed by atoms with Crippen molar-refractivity contribution in [1.82, 2.24) is 10.2 Å². The molecule has 3 aromatic carbocycles. The summed E-state index contributed by atoms with van der Waals surface area (Å²) in [6.07, 6.45) is 1.09. The van der Waals surface area contributed by atoms with Crippen LogP contribution in [-0.4, -0.2) is 30.6 Å². The zero-order valence-corrected chi connectivity index (χ0v) is 17.1. The third-order valence-electron chi connectivity index (χ3n) is 5.54. The van der Waals surface area contributed by atoms with Crippen molar-refractivity contribution in [3.8, 4) is 11.1 Å².